The number of hydrogen-bond donors (Lipinski definition) is 0. The highest BCUT2D eigenvalue weighted by Crippen LogP contribution is 2.34. The Morgan fingerprint density at radius 2 is 2.13 bits per heavy atom. The van der Waals surface area contributed by atoms with Crippen LogP contribution in [0.4, 0.5) is 0 Å². The Morgan fingerprint density at radius 1 is 1.47 bits per heavy atom. The van der Waals surface area contributed by atoms with Crippen LogP contribution in [-0.4, -0.2) is 12.1 Å². The first-order chi connectivity index (χ1) is 7.01. The van der Waals surface area contributed by atoms with Gasteiger partial charge in [0.25, 0.3) is 0 Å². The van der Waals surface area contributed by atoms with Crippen LogP contribution in [0, 0.1) is 0 Å². The molecular weight excluding hydrogens is 210 g/mol. The van der Waals surface area contributed by atoms with Crippen LogP contribution < -0.4 is 4.74 Å². The van der Waals surface area contributed by atoms with Crippen molar-refractivity contribution in [2.45, 2.75) is 39.0 Å². The monoisotopic (exact) mass is 227 g/mol. The summed E-state index contributed by atoms with van der Waals surface area (Å²) < 4.78 is 5.11. The molecule has 0 aromatic carbocycles. The van der Waals surface area contributed by atoms with E-state index in [-0.39, 0.29) is 5.41 Å². The smallest absolute Gasteiger partial charge is 0.213 e. The summed E-state index contributed by atoms with van der Waals surface area (Å²) in [6, 6.07) is 1.93. The van der Waals surface area contributed by atoms with Crippen LogP contribution >= 0.6 is 11.6 Å². The van der Waals surface area contributed by atoms with Crippen molar-refractivity contribution in [1.29, 1.82) is 0 Å². The largest absolute Gasteiger partial charge is 0.481 e. The van der Waals surface area contributed by atoms with Crippen molar-refractivity contribution in [1.82, 2.24) is 4.98 Å². The molecule has 0 aliphatic rings. The molecule has 1 heterocycles. The Kier molecular flexibility index (Phi) is 3.97. The van der Waals surface area contributed by atoms with Crippen molar-refractivity contribution in [2.24, 2.45) is 0 Å². The lowest BCUT2D eigenvalue weighted by molar-refractivity contribution is 0.393. The maximum absolute atomic E-state index is 6.16. The fourth-order valence-electron chi connectivity index (χ4n) is 1.81. The topological polar surface area (TPSA) is 22.1 Å². The van der Waals surface area contributed by atoms with Gasteiger partial charge >= 0.3 is 0 Å². The van der Waals surface area contributed by atoms with Gasteiger partial charge < -0.3 is 4.74 Å². The Labute approximate surface area is 96.6 Å². The molecule has 1 aromatic rings. The SMILES string of the molecule is CCCC(C)(C)c1cc(OC)ncc1Cl. The molecule has 15 heavy (non-hydrogen) atoms. The highest BCUT2D eigenvalue weighted by molar-refractivity contribution is 6.31. The predicted molar refractivity (Wildman–Crippen MR) is 63.7 cm³/mol. The quantitative estimate of drug-likeness (QED) is 0.780. The van der Waals surface area contributed by atoms with E-state index in [2.05, 4.69) is 25.8 Å². The molecule has 0 spiro atoms. The van der Waals surface area contributed by atoms with Crippen LogP contribution in [0.1, 0.15) is 39.2 Å². The van der Waals surface area contributed by atoms with E-state index >= 15 is 0 Å². The van der Waals surface area contributed by atoms with Crippen LogP contribution in [0.2, 0.25) is 5.02 Å². The third kappa shape index (κ3) is 2.85. The molecule has 0 bridgehead atoms. The lowest BCUT2D eigenvalue weighted by atomic mass is 9.81. The van der Waals surface area contributed by atoms with Crippen molar-refractivity contribution in [2.75, 3.05) is 7.11 Å². The molecule has 3 heteroatoms. The highest BCUT2D eigenvalue weighted by atomic mass is 35.5. The van der Waals surface area contributed by atoms with Gasteiger partial charge in [0.05, 0.1) is 12.1 Å². The normalized spacial score (nSPS) is 11.5. The predicted octanol–water partition coefficient (Wildman–Crippen LogP) is 3.82. The lowest BCUT2D eigenvalue weighted by Gasteiger charge is -2.25. The zero-order chi connectivity index (χ0) is 11.5. The first-order valence-corrected chi connectivity index (χ1v) is 5.59. The maximum atomic E-state index is 6.16. The number of rotatable bonds is 4. The molecule has 1 aromatic heterocycles. The molecule has 0 aliphatic heterocycles. The van der Waals surface area contributed by atoms with Gasteiger partial charge in [-0.25, -0.2) is 4.98 Å². The minimum absolute atomic E-state index is 0.0715. The highest BCUT2D eigenvalue weighted by Gasteiger charge is 2.23. The minimum Gasteiger partial charge on any atom is -0.481 e. The van der Waals surface area contributed by atoms with Gasteiger partial charge in [0, 0.05) is 12.3 Å². The summed E-state index contributed by atoms with van der Waals surface area (Å²) >= 11 is 6.16. The van der Waals surface area contributed by atoms with Gasteiger partial charge in [-0.3, -0.25) is 0 Å². The first-order valence-electron chi connectivity index (χ1n) is 5.21. The zero-order valence-electron chi connectivity index (χ0n) is 9.80. The molecule has 0 unspecified atom stereocenters. The van der Waals surface area contributed by atoms with E-state index in [4.69, 9.17) is 16.3 Å². The number of methoxy groups -OCH3 is 1. The van der Waals surface area contributed by atoms with Crippen molar-refractivity contribution in [3.05, 3.63) is 22.8 Å². The van der Waals surface area contributed by atoms with Crippen molar-refractivity contribution < 1.29 is 4.74 Å². The summed E-state index contributed by atoms with van der Waals surface area (Å²) in [5.41, 5.74) is 1.18. The van der Waals surface area contributed by atoms with Crippen LogP contribution in [0.15, 0.2) is 12.3 Å². The molecule has 0 atom stereocenters. The summed E-state index contributed by atoms with van der Waals surface area (Å²) in [6.07, 6.45) is 3.89. The number of halogens is 1. The molecule has 2 nitrogen and oxygen atoms in total. The fraction of sp³-hybridized carbons (Fsp3) is 0.583. The third-order valence-electron chi connectivity index (χ3n) is 2.64. The molecule has 0 radical (unpaired) electrons. The zero-order valence-corrected chi connectivity index (χ0v) is 10.6. The lowest BCUT2D eigenvalue weighted by Crippen LogP contribution is -2.17. The van der Waals surface area contributed by atoms with Crippen molar-refractivity contribution >= 4 is 11.6 Å². The number of ether oxygens (including phenoxy) is 1. The van der Waals surface area contributed by atoms with E-state index in [1.54, 1.807) is 13.3 Å². The van der Waals surface area contributed by atoms with Gasteiger partial charge in [0.1, 0.15) is 0 Å². The van der Waals surface area contributed by atoms with E-state index in [1.807, 2.05) is 6.07 Å². The molecule has 0 fully saturated rings. The van der Waals surface area contributed by atoms with Gasteiger partial charge in [-0.05, 0) is 17.4 Å². The van der Waals surface area contributed by atoms with E-state index in [1.165, 1.54) is 0 Å². The Balaban J connectivity index is 3.11. The van der Waals surface area contributed by atoms with Crippen molar-refractivity contribution in [3.8, 4) is 5.88 Å². The summed E-state index contributed by atoms with van der Waals surface area (Å²) in [4.78, 5) is 4.08. The average molecular weight is 228 g/mol. The number of hydrogen-bond acceptors (Lipinski definition) is 2. The molecule has 0 amide bonds. The minimum atomic E-state index is 0.0715. The molecular formula is C12H18ClNO. The molecule has 0 saturated heterocycles. The molecule has 84 valence electrons. The van der Waals surface area contributed by atoms with Gasteiger partial charge in [-0.2, -0.15) is 0 Å². The molecule has 0 aliphatic carbocycles. The van der Waals surface area contributed by atoms with E-state index in [9.17, 15) is 0 Å². The second-order valence-electron chi connectivity index (χ2n) is 4.34. The number of nitrogens with zero attached hydrogens (tertiary/aromatic N) is 1. The summed E-state index contributed by atoms with van der Waals surface area (Å²) in [7, 11) is 1.62. The summed E-state index contributed by atoms with van der Waals surface area (Å²) in [5.74, 6) is 0.624. The maximum Gasteiger partial charge on any atom is 0.213 e. The Bertz CT molecular complexity index is 336. The molecule has 0 saturated carbocycles. The van der Waals surface area contributed by atoms with Gasteiger partial charge in [-0.1, -0.05) is 38.8 Å². The Morgan fingerprint density at radius 3 is 2.67 bits per heavy atom. The third-order valence-corrected chi connectivity index (χ3v) is 2.94. The second-order valence-corrected chi connectivity index (χ2v) is 4.75. The van der Waals surface area contributed by atoms with Gasteiger partial charge in [0.2, 0.25) is 5.88 Å². The van der Waals surface area contributed by atoms with Gasteiger partial charge in [0.15, 0.2) is 0 Å². The average Bonchev–Trinajstić information content (AvgIpc) is 2.18. The standard InChI is InChI=1S/C12H18ClNO/c1-5-6-12(2,3)9-7-11(15-4)14-8-10(9)13/h7-8H,5-6H2,1-4H3. The van der Waals surface area contributed by atoms with Crippen LogP contribution in [0.5, 0.6) is 5.88 Å². The van der Waals surface area contributed by atoms with E-state index in [0.29, 0.717) is 10.9 Å². The summed E-state index contributed by atoms with van der Waals surface area (Å²) in [5, 5.41) is 0.717. The van der Waals surface area contributed by atoms with Crippen LogP contribution in [0.3, 0.4) is 0 Å². The molecule has 1 rings (SSSR count). The number of pyridine rings is 1. The van der Waals surface area contributed by atoms with Crippen LogP contribution in [0.25, 0.3) is 0 Å². The van der Waals surface area contributed by atoms with E-state index < -0.39 is 0 Å². The number of aromatic nitrogens is 1. The van der Waals surface area contributed by atoms with Crippen LogP contribution in [-0.2, 0) is 5.41 Å². The van der Waals surface area contributed by atoms with E-state index in [0.717, 1.165) is 18.4 Å². The van der Waals surface area contributed by atoms with Crippen molar-refractivity contribution in [3.63, 3.8) is 0 Å². The first kappa shape index (κ1) is 12.3. The Hall–Kier alpha value is -0.760. The van der Waals surface area contributed by atoms with Gasteiger partial charge in [-0.15, -0.1) is 0 Å². The summed E-state index contributed by atoms with van der Waals surface area (Å²) in [6.45, 7) is 6.56. The second kappa shape index (κ2) is 4.84. The fourth-order valence-corrected chi connectivity index (χ4v) is 2.17. The molecule has 0 N–H and O–H groups in total.